The standard InChI is InChI=1S/C13H20BrN3O/c1-9-5-4-6-10(2)17(9)13(18)8-16-11(3)12(14)7-15-16/h7,9-10H,4-6,8H2,1-3H3. The van der Waals surface area contributed by atoms with Crippen LogP contribution in [0.5, 0.6) is 0 Å². The zero-order valence-corrected chi connectivity index (χ0v) is 12.8. The maximum atomic E-state index is 12.4. The molecular weight excluding hydrogens is 294 g/mol. The summed E-state index contributed by atoms with van der Waals surface area (Å²) in [7, 11) is 0. The summed E-state index contributed by atoms with van der Waals surface area (Å²) >= 11 is 3.42. The molecule has 1 aromatic heterocycles. The predicted octanol–water partition coefficient (Wildman–Crippen LogP) is 2.74. The van der Waals surface area contributed by atoms with E-state index in [1.54, 1.807) is 10.9 Å². The maximum absolute atomic E-state index is 12.4. The van der Waals surface area contributed by atoms with Gasteiger partial charge in [0.1, 0.15) is 6.54 Å². The summed E-state index contributed by atoms with van der Waals surface area (Å²) in [5, 5.41) is 4.22. The molecule has 1 saturated heterocycles. The molecule has 1 aliphatic heterocycles. The van der Waals surface area contributed by atoms with Crippen LogP contribution < -0.4 is 0 Å². The highest BCUT2D eigenvalue weighted by Crippen LogP contribution is 2.23. The smallest absolute Gasteiger partial charge is 0.244 e. The first kappa shape index (κ1) is 13.6. The van der Waals surface area contributed by atoms with Gasteiger partial charge in [-0.2, -0.15) is 5.10 Å². The van der Waals surface area contributed by atoms with E-state index in [1.807, 2.05) is 11.8 Å². The Labute approximate surface area is 116 Å². The lowest BCUT2D eigenvalue weighted by molar-refractivity contribution is -0.138. The molecule has 4 nitrogen and oxygen atoms in total. The number of amides is 1. The molecule has 0 aromatic carbocycles. The lowest BCUT2D eigenvalue weighted by Gasteiger charge is -2.39. The Morgan fingerprint density at radius 1 is 1.44 bits per heavy atom. The van der Waals surface area contributed by atoms with E-state index in [-0.39, 0.29) is 5.91 Å². The molecule has 0 spiro atoms. The molecule has 100 valence electrons. The van der Waals surface area contributed by atoms with Crippen molar-refractivity contribution in [2.75, 3.05) is 0 Å². The monoisotopic (exact) mass is 313 g/mol. The summed E-state index contributed by atoms with van der Waals surface area (Å²) in [5.74, 6) is 0.174. The van der Waals surface area contributed by atoms with Crippen LogP contribution in [-0.4, -0.2) is 32.7 Å². The molecule has 2 atom stereocenters. The van der Waals surface area contributed by atoms with Crippen molar-refractivity contribution in [3.05, 3.63) is 16.4 Å². The SMILES string of the molecule is Cc1c(Br)cnn1CC(=O)N1C(C)CCCC1C. The predicted molar refractivity (Wildman–Crippen MR) is 74.3 cm³/mol. The molecule has 2 heterocycles. The van der Waals surface area contributed by atoms with Crippen LogP contribution in [0.15, 0.2) is 10.7 Å². The van der Waals surface area contributed by atoms with E-state index in [1.165, 1.54) is 6.42 Å². The van der Waals surface area contributed by atoms with Crippen LogP contribution in [0.25, 0.3) is 0 Å². The highest BCUT2D eigenvalue weighted by Gasteiger charge is 2.29. The Morgan fingerprint density at radius 3 is 2.56 bits per heavy atom. The summed E-state index contributed by atoms with van der Waals surface area (Å²) in [6.45, 7) is 6.58. The van der Waals surface area contributed by atoms with Gasteiger partial charge in [-0.1, -0.05) is 0 Å². The van der Waals surface area contributed by atoms with Crippen molar-refractivity contribution in [1.29, 1.82) is 0 Å². The van der Waals surface area contributed by atoms with Gasteiger partial charge in [-0.3, -0.25) is 9.48 Å². The van der Waals surface area contributed by atoms with Crippen molar-refractivity contribution in [1.82, 2.24) is 14.7 Å². The largest absolute Gasteiger partial charge is 0.336 e. The maximum Gasteiger partial charge on any atom is 0.244 e. The van der Waals surface area contributed by atoms with E-state index >= 15 is 0 Å². The highest BCUT2D eigenvalue weighted by atomic mass is 79.9. The quantitative estimate of drug-likeness (QED) is 0.842. The molecular formula is C13H20BrN3O. The second kappa shape index (κ2) is 5.43. The lowest BCUT2D eigenvalue weighted by Crippen LogP contribution is -2.48. The van der Waals surface area contributed by atoms with Gasteiger partial charge in [0.15, 0.2) is 0 Å². The van der Waals surface area contributed by atoms with Crippen molar-refractivity contribution in [3.8, 4) is 0 Å². The number of halogens is 1. The fraction of sp³-hybridized carbons (Fsp3) is 0.692. The molecule has 1 amide bonds. The summed E-state index contributed by atoms with van der Waals surface area (Å²) in [5.41, 5.74) is 1.00. The lowest BCUT2D eigenvalue weighted by atomic mass is 9.97. The minimum absolute atomic E-state index is 0.174. The average Bonchev–Trinajstić information content (AvgIpc) is 2.61. The van der Waals surface area contributed by atoms with E-state index in [9.17, 15) is 4.79 Å². The molecule has 1 aromatic rings. The second-order valence-electron chi connectivity index (χ2n) is 5.17. The van der Waals surface area contributed by atoms with Crippen molar-refractivity contribution >= 4 is 21.8 Å². The Bertz CT molecular complexity index is 433. The number of likely N-dealkylation sites (tertiary alicyclic amines) is 1. The number of piperidine rings is 1. The number of rotatable bonds is 2. The normalized spacial score (nSPS) is 24.3. The molecule has 0 aliphatic carbocycles. The molecule has 5 heteroatoms. The van der Waals surface area contributed by atoms with Crippen LogP contribution >= 0.6 is 15.9 Å². The minimum atomic E-state index is 0.174. The van der Waals surface area contributed by atoms with E-state index in [2.05, 4.69) is 34.9 Å². The van der Waals surface area contributed by atoms with Crippen LogP contribution in [0.2, 0.25) is 0 Å². The molecule has 1 aliphatic rings. The van der Waals surface area contributed by atoms with Crippen molar-refractivity contribution in [2.24, 2.45) is 0 Å². The highest BCUT2D eigenvalue weighted by molar-refractivity contribution is 9.10. The molecule has 2 unspecified atom stereocenters. The third kappa shape index (κ3) is 2.60. The minimum Gasteiger partial charge on any atom is -0.336 e. The topological polar surface area (TPSA) is 38.1 Å². The molecule has 18 heavy (non-hydrogen) atoms. The zero-order valence-electron chi connectivity index (χ0n) is 11.2. The number of hydrogen-bond donors (Lipinski definition) is 0. The van der Waals surface area contributed by atoms with Crippen LogP contribution in [0.1, 0.15) is 38.8 Å². The van der Waals surface area contributed by atoms with Gasteiger partial charge in [0.25, 0.3) is 0 Å². The van der Waals surface area contributed by atoms with E-state index < -0.39 is 0 Å². The van der Waals surface area contributed by atoms with Gasteiger partial charge in [-0.15, -0.1) is 0 Å². The van der Waals surface area contributed by atoms with Gasteiger partial charge in [0.2, 0.25) is 5.91 Å². The van der Waals surface area contributed by atoms with Crippen LogP contribution in [-0.2, 0) is 11.3 Å². The van der Waals surface area contributed by atoms with Gasteiger partial charge < -0.3 is 4.90 Å². The number of nitrogens with zero attached hydrogens (tertiary/aromatic N) is 3. The van der Waals surface area contributed by atoms with Gasteiger partial charge in [0, 0.05) is 12.1 Å². The summed E-state index contributed by atoms with van der Waals surface area (Å²) in [6.07, 6.45) is 5.18. The third-order valence-corrected chi connectivity index (χ3v) is 4.59. The first-order valence-corrected chi connectivity index (χ1v) is 7.29. The van der Waals surface area contributed by atoms with Gasteiger partial charge >= 0.3 is 0 Å². The first-order valence-electron chi connectivity index (χ1n) is 6.49. The van der Waals surface area contributed by atoms with E-state index in [0.717, 1.165) is 23.0 Å². The summed E-state index contributed by atoms with van der Waals surface area (Å²) in [6, 6.07) is 0.695. The van der Waals surface area contributed by atoms with E-state index in [0.29, 0.717) is 18.6 Å². The Hall–Kier alpha value is -0.840. The fourth-order valence-electron chi connectivity index (χ4n) is 2.71. The molecule has 0 saturated carbocycles. The van der Waals surface area contributed by atoms with Crippen LogP contribution in [0, 0.1) is 6.92 Å². The van der Waals surface area contributed by atoms with Gasteiger partial charge in [0.05, 0.1) is 16.4 Å². The van der Waals surface area contributed by atoms with Crippen LogP contribution in [0.3, 0.4) is 0 Å². The molecule has 0 radical (unpaired) electrons. The fourth-order valence-corrected chi connectivity index (χ4v) is 3.00. The Balaban J connectivity index is 2.09. The molecule has 0 N–H and O–H groups in total. The first-order chi connectivity index (χ1) is 8.50. The molecule has 2 rings (SSSR count). The van der Waals surface area contributed by atoms with Crippen LogP contribution in [0.4, 0.5) is 0 Å². The Kier molecular flexibility index (Phi) is 4.10. The number of aromatic nitrogens is 2. The van der Waals surface area contributed by atoms with Crippen molar-refractivity contribution in [2.45, 2.75) is 58.7 Å². The summed E-state index contributed by atoms with van der Waals surface area (Å²) in [4.78, 5) is 14.4. The third-order valence-electron chi connectivity index (χ3n) is 3.81. The molecule has 0 bridgehead atoms. The van der Waals surface area contributed by atoms with E-state index in [4.69, 9.17) is 0 Å². The average molecular weight is 314 g/mol. The van der Waals surface area contributed by atoms with Crippen molar-refractivity contribution < 1.29 is 4.79 Å². The number of carbonyl (C=O) groups excluding carboxylic acids is 1. The number of carbonyl (C=O) groups is 1. The summed E-state index contributed by atoms with van der Waals surface area (Å²) < 4.78 is 2.72. The second-order valence-corrected chi connectivity index (χ2v) is 6.02. The van der Waals surface area contributed by atoms with Crippen molar-refractivity contribution in [3.63, 3.8) is 0 Å². The molecule has 1 fully saturated rings. The van der Waals surface area contributed by atoms with Gasteiger partial charge in [-0.25, -0.2) is 0 Å². The number of hydrogen-bond acceptors (Lipinski definition) is 2. The Morgan fingerprint density at radius 2 is 2.06 bits per heavy atom. The zero-order chi connectivity index (χ0) is 13.3. The van der Waals surface area contributed by atoms with Gasteiger partial charge in [-0.05, 0) is 56.0 Å².